The van der Waals surface area contributed by atoms with Crippen LogP contribution in [0.15, 0.2) is 6.20 Å². The smallest absolute Gasteiger partial charge is 0.405 e. The van der Waals surface area contributed by atoms with Crippen LogP contribution in [0.5, 0.6) is 0 Å². The van der Waals surface area contributed by atoms with E-state index in [1.807, 2.05) is 20.8 Å². The van der Waals surface area contributed by atoms with Crippen molar-refractivity contribution in [2.75, 3.05) is 5.32 Å². The third-order valence-electron chi connectivity index (χ3n) is 2.51. The molecule has 7 heteroatoms. The fourth-order valence-corrected chi connectivity index (χ4v) is 2.33. The number of carboxylic acid groups (broad SMARTS) is 1. The van der Waals surface area contributed by atoms with E-state index < -0.39 is 12.1 Å². The van der Waals surface area contributed by atoms with Gasteiger partial charge in [-0.25, -0.2) is 9.78 Å². The van der Waals surface area contributed by atoms with Gasteiger partial charge in [-0.3, -0.25) is 4.79 Å². The number of nitrogens with one attached hydrogen (secondary N) is 2. The van der Waals surface area contributed by atoms with Crippen molar-refractivity contribution in [3.63, 3.8) is 0 Å². The maximum absolute atomic E-state index is 11.9. The number of aromatic nitrogens is 1. The van der Waals surface area contributed by atoms with Gasteiger partial charge in [0.1, 0.15) is 6.04 Å². The van der Waals surface area contributed by atoms with Crippen LogP contribution in [0.3, 0.4) is 0 Å². The van der Waals surface area contributed by atoms with E-state index in [2.05, 4.69) is 15.6 Å². The summed E-state index contributed by atoms with van der Waals surface area (Å²) in [5.74, 6) is -0.0133. The first kappa shape index (κ1) is 15.4. The number of carbonyl (C=O) groups excluding carboxylic acids is 1. The summed E-state index contributed by atoms with van der Waals surface area (Å²) in [6.45, 7) is 5.99. The second-order valence-corrected chi connectivity index (χ2v) is 5.56. The van der Waals surface area contributed by atoms with E-state index >= 15 is 0 Å². The number of hydrogen-bond acceptors (Lipinski definition) is 4. The van der Waals surface area contributed by atoms with Crippen LogP contribution in [0.1, 0.15) is 44.4 Å². The molecular weight excluding hydrogens is 266 g/mol. The van der Waals surface area contributed by atoms with Crippen LogP contribution >= 0.6 is 11.3 Å². The van der Waals surface area contributed by atoms with Crippen molar-refractivity contribution in [1.29, 1.82) is 0 Å². The van der Waals surface area contributed by atoms with E-state index in [1.54, 1.807) is 6.20 Å². The van der Waals surface area contributed by atoms with Crippen LogP contribution in [0.2, 0.25) is 0 Å². The van der Waals surface area contributed by atoms with Crippen LogP contribution in [-0.4, -0.2) is 28.1 Å². The lowest BCUT2D eigenvalue weighted by atomic mass is 10.1. The van der Waals surface area contributed by atoms with Gasteiger partial charge in [-0.2, -0.15) is 0 Å². The summed E-state index contributed by atoms with van der Waals surface area (Å²) in [7, 11) is 0. The summed E-state index contributed by atoms with van der Waals surface area (Å²) in [4.78, 5) is 27.8. The van der Waals surface area contributed by atoms with Crippen LogP contribution in [0.4, 0.5) is 9.93 Å². The molecule has 0 fully saturated rings. The highest BCUT2D eigenvalue weighted by Gasteiger charge is 2.20. The Morgan fingerprint density at radius 1 is 1.47 bits per heavy atom. The standard InChI is InChI=1S/C12H19N3O3S/c1-4-5-8(14-12(17)18)10(16)15-11-13-6-9(19-11)7(2)3/h6-8,14H,4-5H2,1-3H3,(H,17,18)(H,13,15,16). The van der Waals surface area contributed by atoms with Gasteiger partial charge in [0.2, 0.25) is 5.91 Å². The summed E-state index contributed by atoms with van der Waals surface area (Å²) in [5, 5.41) is 14.1. The minimum Gasteiger partial charge on any atom is -0.465 e. The Balaban J connectivity index is 2.66. The lowest BCUT2D eigenvalue weighted by Gasteiger charge is -2.14. The van der Waals surface area contributed by atoms with Crippen LogP contribution in [-0.2, 0) is 4.79 Å². The average molecular weight is 285 g/mol. The molecule has 0 aliphatic carbocycles. The summed E-state index contributed by atoms with van der Waals surface area (Å²) in [6, 6.07) is -0.742. The predicted octanol–water partition coefficient (Wildman–Crippen LogP) is 2.64. The molecule has 3 N–H and O–H groups in total. The lowest BCUT2D eigenvalue weighted by molar-refractivity contribution is -0.118. The topological polar surface area (TPSA) is 91.3 Å². The number of thiazole rings is 1. The van der Waals surface area contributed by atoms with E-state index in [0.29, 0.717) is 23.9 Å². The molecule has 1 aromatic heterocycles. The Hall–Kier alpha value is -1.63. The lowest BCUT2D eigenvalue weighted by Crippen LogP contribution is -2.43. The number of anilines is 1. The Morgan fingerprint density at radius 3 is 2.63 bits per heavy atom. The quantitative estimate of drug-likeness (QED) is 0.749. The number of amides is 2. The first-order valence-electron chi connectivity index (χ1n) is 6.20. The van der Waals surface area contributed by atoms with Gasteiger partial charge in [0.25, 0.3) is 0 Å². The van der Waals surface area contributed by atoms with Gasteiger partial charge in [0, 0.05) is 11.1 Å². The van der Waals surface area contributed by atoms with Crippen LogP contribution in [0, 0.1) is 0 Å². The number of nitrogens with zero attached hydrogens (tertiary/aromatic N) is 1. The molecule has 1 heterocycles. The number of rotatable bonds is 6. The highest BCUT2D eigenvalue weighted by Crippen LogP contribution is 2.25. The molecule has 0 aliphatic rings. The molecule has 19 heavy (non-hydrogen) atoms. The van der Waals surface area contributed by atoms with Crippen LogP contribution in [0.25, 0.3) is 0 Å². The third-order valence-corrected chi connectivity index (χ3v) is 3.73. The van der Waals surface area contributed by atoms with Crippen molar-refractivity contribution in [1.82, 2.24) is 10.3 Å². The molecule has 0 aromatic carbocycles. The molecule has 0 radical (unpaired) electrons. The van der Waals surface area contributed by atoms with E-state index in [1.165, 1.54) is 11.3 Å². The van der Waals surface area contributed by atoms with Gasteiger partial charge in [-0.05, 0) is 12.3 Å². The molecule has 2 amide bonds. The zero-order valence-corrected chi connectivity index (χ0v) is 12.1. The summed E-state index contributed by atoms with van der Waals surface area (Å²) in [6.07, 6.45) is 1.70. The Kier molecular flexibility index (Phi) is 5.75. The maximum atomic E-state index is 11.9. The molecule has 0 aliphatic heterocycles. The fourth-order valence-electron chi connectivity index (χ4n) is 1.51. The van der Waals surface area contributed by atoms with E-state index in [-0.39, 0.29) is 5.91 Å². The van der Waals surface area contributed by atoms with Crippen LogP contribution < -0.4 is 10.6 Å². The molecule has 0 spiro atoms. The second kappa shape index (κ2) is 7.08. The molecule has 6 nitrogen and oxygen atoms in total. The SMILES string of the molecule is CCCC(NC(=O)O)C(=O)Nc1ncc(C(C)C)s1. The van der Waals surface area contributed by atoms with E-state index in [0.717, 1.165) is 4.88 Å². The van der Waals surface area contributed by atoms with Gasteiger partial charge in [-0.15, -0.1) is 11.3 Å². The predicted molar refractivity (Wildman–Crippen MR) is 74.7 cm³/mol. The van der Waals surface area contributed by atoms with Gasteiger partial charge >= 0.3 is 6.09 Å². The van der Waals surface area contributed by atoms with Crippen molar-refractivity contribution in [3.8, 4) is 0 Å². The van der Waals surface area contributed by atoms with Gasteiger partial charge in [0.05, 0.1) is 0 Å². The number of carbonyl (C=O) groups is 2. The first-order valence-corrected chi connectivity index (χ1v) is 7.01. The van der Waals surface area contributed by atoms with Gasteiger partial charge in [0.15, 0.2) is 5.13 Å². The van der Waals surface area contributed by atoms with Crippen molar-refractivity contribution in [2.24, 2.45) is 0 Å². The first-order chi connectivity index (χ1) is 8.93. The Morgan fingerprint density at radius 2 is 2.16 bits per heavy atom. The van der Waals surface area contributed by atoms with Gasteiger partial charge in [-0.1, -0.05) is 27.2 Å². The molecule has 0 bridgehead atoms. The molecule has 1 aromatic rings. The molecule has 0 saturated heterocycles. The molecular formula is C12H19N3O3S. The fraction of sp³-hybridized carbons (Fsp3) is 0.583. The monoisotopic (exact) mass is 285 g/mol. The molecule has 1 unspecified atom stereocenters. The molecule has 106 valence electrons. The molecule has 1 atom stereocenters. The van der Waals surface area contributed by atoms with Crippen molar-refractivity contribution in [3.05, 3.63) is 11.1 Å². The zero-order chi connectivity index (χ0) is 14.4. The number of hydrogen-bond donors (Lipinski definition) is 3. The van der Waals surface area contributed by atoms with Crippen molar-refractivity contribution < 1.29 is 14.7 Å². The summed E-state index contributed by atoms with van der Waals surface area (Å²) in [5.41, 5.74) is 0. The van der Waals surface area contributed by atoms with E-state index in [4.69, 9.17) is 5.11 Å². The normalized spacial score (nSPS) is 12.2. The average Bonchev–Trinajstić information content (AvgIpc) is 2.76. The van der Waals surface area contributed by atoms with Crippen molar-refractivity contribution >= 4 is 28.5 Å². The Bertz CT molecular complexity index is 445. The summed E-state index contributed by atoms with van der Waals surface area (Å²) >= 11 is 1.41. The molecule has 0 saturated carbocycles. The zero-order valence-electron chi connectivity index (χ0n) is 11.3. The highest BCUT2D eigenvalue weighted by atomic mass is 32.1. The maximum Gasteiger partial charge on any atom is 0.405 e. The third kappa shape index (κ3) is 4.86. The Labute approximate surface area is 116 Å². The molecule has 1 rings (SSSR count). The minimum atomic E-state index is -1.20. The van der Waals surface area contributed by atoms with Gasteiger partial charge < -0.3 is 15.7 Å². The van der Waals surface area contributed by atoms with Crippen molar-refractivity contribution in [2.45, 2.75) is 45.6 Å². The minimum absolute atomic E-state index is 0.353. The summed E-state index contributed by atoms with van der Waals surface area (Å²) < 4.78 is 0. The highest BCUT2D eigenvalue weighted by molar-refractivity contribution is 7.15. The largest absolute Gasteiger partial charge is 0.465 e. The second-order valence-electron chi connectivity index (χ2n) is 4.50. The van der Waals surface area contributed by atoms with E-state index in [9.17, 15) is 9.59 Å².